The molecule has 0 unspecified atom stereocenters. The highest BCUT2D eigenvalue weighted by Crippen LogP contribution is 2.46. The predicted molar refractivity (Wildman–Crippen MR) is 73.7 cm³/mol. The van der Waals surface area contributed by atoms with Crippen molar-refractivity contribution >= 4 is 11.5 Å². The van der Waals surface area contributed by atoms with Crippen LogP contribution in [0, 0.1) is 11.3 Å². The van der Waals surface area contributed by atoms with Crippen LogP contribution in [0.4, 0.5) is 5.82 Å². The lowest BCUT2D eigenvalue weighted by Crippen LogP contribution is -2.41. The van der Waals surface area contributed by atoms with Gasteiger partial charge in [0, 0.05) is 23.7 Å². The Bertz CT molecular complexity index is 625. The minimum absolute atomic E-state index is 0.384. The van der Waals surface area contributed by atoms with Crippen molar-refractivity contribution < 1.29 is 9.47 Å². The number of ether oxygens (including phenoxy) is 2. The molecule has 2 aliphatic rings. The fraction of sp³-hybridized carbons (Fsp3) is 0.533. The zero-order valence-electron chi connectivity index (χ0n) is 12.1. The van der Waals surface area contributed by atoms with Gasteiger partial charge in [0.05, 0.1) is 11.2 Å². The van der Waals surface area contributed by atoms with E-state index in [-0.39, 0.29) is 11.2 Å². The van der Waals surface area contributed by atoms with E-state index >= 15 is 0 Å². The average molecular weight is 271 g/mol. The van der Waals surface area contributed by atoms with Gasteiger partial charge >= 0.3 is 0 Å². The summed E-state index contributed by atoms with van der Waals surface area (Å²) in [7, 11) is 0. The number of aliphatic imine (C=N–C) groups is 1. The third kappa shape index (κ3) is 1.84. The number of pyridine rings is 1. The maximum Gasteiger partial charge on any atom is 0.185 e. The molecule has 0 atom stereocenters. The van der Waals surface area contributed by atoms with E-state index in [2.05, 4.69) is 16.0 Å². The molecule has 0 saturated carbocycles. The van der Waals surface area contributed by atoms with Crippen LogP contribution in [-0.2, 0) is 15.9 Å². The molecule has 5 heteroatoms. The summed E-state index contributed by atoms with van der Waals surface area (Å²) < 4.78 is 12.1. The van der Waals surface area contributed by atoms with Crippen LogP contribution < -0.4 is 0 Å². The molecule has 104 valence electrons. The Kier molecular flexibility index (Phi) is 2.72. The second-order valence-electron chi connectivity index (χ2n) is 6.14. The average Bonchev–Trinajstić information content (AvgIpc) is 2.87. The van der Waals surface area contributed by atoms with Crippen LogP contribution in [0.2, 0.25) is 0 Å². The molecule has 0 radical (unpaired) electrons. The van der Waals surface area contributed by atoms with Crippen LogP contribution in [-0.4, -0.2) is 21.9 Å². The van der Waals surface area contributed by atoms with E-state index in [1.54, 1.807) is 6.20 Å². The van der Waals surface area contributed by atoms with E-state index in [4.69, 9.17) is 14.7 Å². The third-order valence-electron chi connectivity index (χ3n) is 4.29. The first-order chi connectivity index (χ1) is 9.34. The van der Waals surface area contributed by atoms with Crippen molar-refractivity contribution in [2.75, 3.05) is 0 Å². The maximum absolute atomic E-state index is 8.99. The molecular formula is C15H17N3O2. The third-order valence-corrected chi connectivity index (χ3v) is 4.29. The lowest BCUT2D eigenvalue weighted by molar-refractivity contribution is -0.0899. The van der Waals surface area contributed by atoms with Crippen molar-refractivity contribution in [1.82, 2.24) is 4.98 Å². The number of fused-ring (bicyclic) bond motifs is 1. The minimum atomic E-state index is -0.440. The molecule has 0 N–H and O–H groups in total. The predicted octanol–water partition coefficient (Wildman–Crippen LogP) is 2.84. The molecular weight excluding hydrogens is 254 g/mol. The van der Waals surface area contributed by atoms with Crippen molar-refractivity contribution in [1.29, 1.82) is 5.26 Å². The van der Waals surface area contributed by atoms with Crippen molar-refractivity contribution in [3.05, 3.63) is 23.4 Å². The lowest BCUT2D eigenvalue weighted by Gasteiger charge is -2.30. The van der Waals surface area contributed by atoms with E-state index in [0.29, 0.717) is 18.0 Å². The summed E-state index contributed by atoms with van der Waals surface area (Å²) in [6, 6.07) is 3.98. The zero-order chi connectivity index (χ0) is 14.5. The Morgan fingerprint density at radius 3 is 2.50 bits per heavy atom. The molecule has 1 aromatic heterocycles. The normalized spacial score (nSPS) is 23.2. The number of rotatable bonds is 1. The number of hydrogen-bond acceptors (Lipinski definition) is 5. The maximum atomic E-state index is 8.99. The van der Waals surface area contributed by atoms with Gasteiger partial charge in [-0.2, -0.15) is 5.26 Å². The molecule has 3 rings (SSSR count). The fourth-order valence-electron chi connectivity index (χ4n) is 2.36. The first-order valence-corrected chi connectivity index (χ1v) is 6.65. The molecule has 0 bridgehead atoms. The molecule has 5 nitrogen and oxygen atoms in total. The van der Waals surface area contributed by atoms with Crippen LogP contribution in [0.25, 0.3) is 0 Å². The lowest BCUT2D eigenvalue weighted by atomic mass is 9.90. The van der Waals surface area contributed by atoms with Crippen molar-refractivity contribution in [3.8, 4) is 6.07 Å². The van der Waals surface area contributed by atoms with E-state index in [9.17, 15) is 0 Å². The van der Waals surface area contributed by atoms with Gasteiger partial charge in [0.1, 0.15) is 11.8 Å². The SMILES string of the molecule is CC1(C)OC(c2ccnc3c2CC(C#N)=N3)OC1(C)C. The summed E-state index contributed by atoms with van der Waals surface area (Å²) in [5, 5.41) is 8.99. The van der Waals surface area contributed by atoms with Crippen molar-refractivity contribution in [2.45, 2.75) is 51.6 Å². The molecule has 3 heterocycles. The van der Waals surface area contributed by atoms with Crippen LogP contribution in [0.3, 0.4) is 0 Å². The molecule has 0 aromatic carbocycles. The monoisotopic (exact) mass is 271 g/mol. The van der Waals surface area contributed by atoms with Crippen LogP contribution in [0.5, 0.6) is 0 Å². The number of aromatic nitrogens is 1. The van der Waals surface area contributed by atoms with Gasteiger partial charge in [0.25, 0.3) is 0 Å². The van der Waals surface area contributed by atoms with Crippen LogP contribution in [0.1, 0.15) is 45.1 Å². The van der Waals surface area contributed by atoms with Gasteiger partial charge in [-0.25, -0.2) is 9.98 Å². The molecule has 20 heavy (non-hydrogen) atoms. The zero-order valence-corrected chi connectivity index (χ0v) is 12.1. The van der Waals surface area contributed by atoms with Gasteiger partial charge in [0.15, 0.2) is 12.1 Å². The van der Waals surface area contributed by atoms with Crippen LogP contribution >= 0.6 is 0 Å². The Morgan fingerprint density at radius 2 is 1.90 bits per heavy atom. The van der Waals surface area contributed by atoms with Gasteiger partial charge in [-0.3, -0.25) is 0 Å². The number of hydrogen-bond donors (Lipinski definition) is 0. The van der Waals surface area contributed by atoms with Crippen molar-refractivity contribution in [2.24, 2.45) is 4.99 Å². The first kappa shape index (κ1) is 13.2. The number of nitrogens with zero attached hydrogens (tertiary/aromatic N) is 3. The van der Waals surface area contributed by atoms with E-state index in [1.165, 1.54) is 0 Å². The minimum Gasteiger partial charge on any atom is -0.339 e. The second kappa shape index (κ2) is 4.11. The second-order valence-corrected chi connectivity index (χ2v) is 6.14. The molecule has 0 aliphatic carbocycles. The molecule has 0 amide bonds. The molecule has 1 fully saturated rings. The summed E-state index contributed by atoms with van der Waals surface area (Å²) in [4.78, 5) is 8.42. The summed E-state index contributed by atoms with van der Waals surface area (Å²) >= 11 is 0. The topological polar surface area (TPSA) is 67.5 Å². The van der Waals surface area contributed by atoms with Gasteiger partial charge in [0.2, 0.25) is 0 Å². The summed E-state index contributed by atoms with van der Waals surface area (Å²) in [5.41, 5.74) is 1.57. The largest absolute Gasteiger partial charge is 0.339 e. The van der Waals surface area contributed by atoms with Gasteiger partial charge in [-0.05, 0) is 33.8 Å². The Hall–Kier alpha value is -1.77. The fourth-order valence-corrected chi connectivity index (χ4v) is 2.36. The number of nitriles is 1. The van der Waals surface area contributed by atoms with Crippen LogP contribution in [0.15, 0.2) is 17.3 Å². The molecule has 1 aromatic rings. The Morgan fingerprint density at radius 1 is 1.25 bits per heavy atom. The highest BCUT2D eigenvalue weighted by molar-refractivity contribution is 6.04. The Balaban J connectivity index is 1.97. The van der Waals surface area contributed by atoms with Gasteiger partial charge in [-0.15, -0.1) is 0 Å². The van der Waals surface area contributed by atoms with E-state index in [0.717, 1.165) is 11.1 Å². The summed E-state index contributed by atoms with van der Waals surface area (Å²) in [5.74, 6) is 0.605. The van der Waals surface area contributed by atoms with E-state index in [1.807, 2.05) is 33.8 Å². The molecule has 2 aliphatic heterocycles. The van der Waals surface area contributed by atoms with Crippen molar-refractivity contribution in [3.63, 3.8) is 0 Å². The quantitative estimate of drug-likeness (QED) is 0.787. The smallest absolute Gasteiger partial charge is 0.185 e. The van der Waals surface area contributed by atoms with Gasteiger partial charge < -0.3 is 9.47 Å². The summed E-state index contributed by atoms with van der Waals surface area (Å²) in [6.07, 6.45) is 1.74. The standard InChI is InChI=1S/C15H17N3O2/c1-14(2)15(3,4)20-13(19-14)10-5-6-17-12-11(10)7-9(8-16)18-12/h5-6,13H,7H2,1-4H3. The van der Waals surface area contributed by atoms with E-state index < -0.39 is 6.29 Å². The highest BCUT2D eigenvalue weighted by atomic mass is 16.7. The first-order valence-electron chi connectivity index (χ1n) is 6.65. The summed E-state index contributed by atoms with van der Waals surface area (Å²) in [6.45, 7) is 8.08. The molecule has 0 spiro atoms. The van der Waals surface area contributed by atoms with Gasteiger partial charge in [-0.1, -0.05) is 0 Å². The highest BCUT2D eigenvalue weighted by Gasteiger charge is 2.50. The molecule has 1 saturated heterocycles. The Labute approximate surface area is 118 Å².